The Morgan fingerprint density at radius 1 is 1.35 bits per heavy atom. The van der Waals surface area contributed by atoms with Crippen molar-refractivity contribution >= 4 is 45.2 Å². The van der Waals surface area contributed by atoms with Gasteiger partial charge < -0.3 is 5.32 Å². The molecule has 104 valence electrons. The second-order valence-electron chi connectivity index (χ2n) is 4.30. The van der Waals surface area contributed by atoms with Crippen LogP contribution in [0.3, 0.4) is 0 Å². The van der Waals surface area contributed by atoms with E-state index in [4.69, 9.17) is 23.2 Å². The molecule has 3 rings (SSSR count). The third kappa shape index (κ3) is 2.37. The first kappa shape index (κ1) is 13.7. The van der Waals surface area contributed by atoms with Gasteiger partial charge in [-0.05, 0) is 19.1 Å². The fraction of sp³-hybridized carbons (Fsp3) is 0.154. The lowest BCUT2D eigenvalue weighted by molar-refractivity contribution is 0.628. The number of fused-ring (bicyclic) bond motifs is 1. The Morgan fingerprint density at radius 2 is 2.05 bits per heavy atom. The molecule has 0 radical (unpaired) electrons. The molecule has 0 saturated carbocycles. The molecule has 2 aromatic heterocycles. The zero-order chi connectivity index (χ0) is 14.3. The second kappa shape index (κ2) is 5.24. The third-order valence-electron chi connectivity index (χ3n) is 3.00. The molecule has 0 fully saturated rings. The topological polar surface area (TPSA) is 29.3 Å². The van der Waals surface area contributed by atoms with Crippen LogP contribution in [0.25, 0.3) is 4.96 Å². The van der Waals surface area contributed by atoms with Crippen molar-refractivity contribution in [2.45, 2.75) is 13.5 Å². The summed E-state index contributed by atoms with van der Waals surface area (Å²) in [6.45, 7) is 2.46. The molecule has 1 N–H and O–H groups in total. The van der Waals surface area contributed by atoms with Gasteiger partial charge in [0.1, 0.15) is 5.82 Å². The highest BCUT2D eigenvalue weighted by Gasteiger charge is 2.12. The molecule has 0 unspecified atom stereocenters. The highest BCUT2D eigenvalue weighted by Crippen LogP contribution is 2.32. The molecule has 0 bridgehead atoms. The van der Waals surface area contributed by atoms with Crippen molar-refractivity contribution in [1.29, 1.82) is 0 Å². The van der Waals surface area contributed by atoms with Crippen LogP contribution in [-0.2, 0) is 6.54 Å². The molecule has 0 saturated heterocycles. The van der Waals surface area contributed by atoms with Crippen molar-refractivity contribution in [1.82, 2.24) is 9.38 Å². The molecule has 2 heterocycles. The first-order valence-corrected chi connectivity index (χ1v) is 7.49. The van der Waals surface area contributed by atoms with E-state index in [9.17, 15) is 4.39 Å². The molecule has 0 spiro atoms. The Labute approximate surface area is 129 Å². The van der Waals surface area contributed by atoms with Crippen LogP contribution >= 0.6 is 34.5 Å². The van der Waals surface area contributed by atoms with Gasteiger partial charge in [0.05, 0.1) is 33.7 Å². The molecular weight excluding hydrogens is 320 g/mol. The minimum atomic E-state index is -0.452. The minimum Gasteiger partial charge on any atom is -0.377 e. The normalized spacial score (nSPS) is 11.2. The fourth-order valence-electron chi connectivity index (χ4n) is 2.04. The highest BCUT2D eigenvalue weighted by molar-refractivity contribution is 7.15. The van der Waals surface area contributed by atoms with Crippen LogP contribution in [0.4, 0.5) is 10.1 Å². The first-order chi connectivity index (χ1) is 9.56. The van der Waals surface area contributed by atoms with Gasteiger partial charge in [0.2, 0.25) is 0 Å². The van der Waals surface area contributed by atoms with Gasteiger partial charge in [-0.25, -0.2) is 9.37 Å². The van der Waals surface area contributed by atoms with Gasteiger partial charge in [0.25, 0.3) is 0 Å². The van der Waals surface area contributed by atoms with E-state index in [2.05, 4.69) is 10.3 Å². The lowest BCUT2D eigenvalue weighted by Crippen LogP contribution is -2.04. The van der Waals surface area contributed by atoms with Crippen molar-refractivity contribution in [3.63, 3.8) is 0 Å². The van der Waals surface area contributed by atoms with Gasteiger partial charge >= 0.3 is 0 Å². The summed E-state index contributed by atoms with van der Waals surface area (Å²) in [5.74, 6) is -0.452. The summed E-state index contributed by atoms with van der Waals surface area (Å²) < 4.78 is 15.2. The molecule has 0 aliphatic carbocycles. The minimum absolute atomic E-state index is 0.263. The molecule has 20 heavy (non-hydrogen) atoms. The average Bonchev–Trinajstić information content (AvgIpc) is 2.90. The SMILES string of the molecule is Cc1nc2sccn2c1CNc1c(Cl)cc(F)cc1Cl. The first-order valence-electron chi connectivity index (χ1n) is 5.85. The van der Waals surface area contributed by atoms with Crippen LogP contribution in [0.2, 0.25) is 10.0 Å². The van der Waals surface area contributed by atoms with Crippen LogP contribution in [0.5, 0.6) is 0 Å². The largest absolute Gasteiger partial charge is 0.377 e. The average molecular weight is 330 g/mol. The molecule has 1 aromatic carbocycles. The Balaban J connectivity index is 1.90. The van der Waals surface area contributed by atoms with Crippen molar-refractivity contribution in [2.24, 2.45) is 0 Å². The smallest absolute Gasteiger partial charge is 0.194 e. The predicted molar refractivity (Wildman–Crippen MR) is 81.6 cm³/mol. The van der Waals surface area contributed by atoms with Crippen LogP contribution in [0.15, 0.2) is 23.7 Å². The van der Waals surface area contributed by atoms with Gasteiger partial charge in [0.15, 0.2) is 4.96 Å². The molecule has 3 nitrogen and oxygen atoms in total. The Bertz CT molecular complexity index is 758. The summed E-state index contributed by atoms with van der Waals surface area (Å²) >= 11 is 13.6. The number of imidazole rings is 1. The van der Waals surface area contributed by atoms with Crippen molar-refractivity contribution in [3.05, 3.63) is 51.0 Å². The standard InChI is InChI=1S/C13H10Cl2FN3S/c1-7-11(19-2-3-20-13(19)18-7)6-17-12-9(14)4-8(16)5-10(12)15/h2-5,17H,6H2,1H3. The van der Waals surface area contributed by atoms with E-state index in [-0.39, 0.29) is 10.0 Å². The number of hydrogen-bond acceptors (Lipinski definition) is 3. The molecule has 0 aliphatic rings. The van der Waals surface area contributed by atoms with Crippen LogP contribution < -0.4 is 5.32 Å². The Kier molecular flexibility index (Phi) is 3.58. The number of hydrogen-bond donors (Lipinski definition) is 1. The maximum Gasteiger partial charge on any atom is 0.194 e. The Morgan fingerprint density at radius 3 is 2.75 bits per heavy atom. The molecule has 0 amide bonds. The van der Waals surface area contributed by atoms with Crippen LogP contribution in [0.1, 0.15) is 11.4 Å². The molecule has 0 aliphatic heterocycles. The summed E-state index contributed by atoms with van der Waals surface area (Å²) in [6, 6.07) is 2.47. The maximum atomic E-state index is 13.1. The van der Waals surface area contributed by atoms with E-state index < -0.39 is 5.82 Å². The molecule has 7 heteroatoms. The molecular formula is C13H10Cl2FN3S. The lowest BCUT2D eigenvalue weighted by atomic mass is 10.3. The number of aryl methyl sites for hydroxylation is 1. The number of halogens is 3. The van der Waals surface area contributed by atoms with E-state index in [0.717, 1.165) is 16.3 Å². The quantitative estimate of drug-likeness (QED) is 0.750. The number of aromatic nitrogens is 2. The number of rotatable bonds is 3. The predicted octanol–water partition coefficient (Wildman–Crippen LogP) is 4.76. The van der Waals surface area contributed by atoms with E-state index in [0.29, 0.717) is 12.2 Å². The van der Waals surface area contributed by atoms with E-state index in [1.54, 1.807) is 11.3 Å². The van der Waals surface area contributed by atoms with E-state index in [1.807, 2.05) is 22.9 Å². The number of anilines is 1. The lowest BCUT2D eigenvalue weighted by Gasteiger charge is -2.10. The zero-order valence-corrected chi connectivity index (χ0v) is 12.8. The Hall–Kier alpha value is -1.30. The van der Waals surface area contributed by atoms with Gasteiger partial charge in [0, 0.05) is 11.6 Å². The molecule has 0 atom stereocenters. The van der Waals surface area contributed by atoms with Gasteiger partial charge in [-0.15, -0.1) is 11.3 Å². The summed E-state index contributed by atoms with van der Waals surface area (Å²) in [5.41, 5.74) is 2.50. The number of nitrogens with one attached hydrogen (secondary N) is 1. The third-order valence-corrected chi connectivity index (χ3v) is 4.35. The zero-order valence-electron chi connectivity index (χ0n) is 10.5. The summed E-state index contributed by atoms with van der Waals surface area (Å²) in [6.07, 6.45) is 1.96. The molecule has 3 aromatic rings. The van der Waals surface area contributed by atoms with Crippen molar-refractivity contribution in [2.75, 3.05) is 5.32 Å². The summed E-state index contributed by atoms with van der Waals surface area (Å²) in [4.78, 5) is 5.40. The van der Waals surface area contributed by atoms with Crippen LogP contribution in [-0.4, -0.2) is 9.38 Å². The second-order valence-corrected chi connectivity index (χ2v) is 5.98. The fourth-order valence-corrected chi connectivity index (χ4v) is 3.41. The maximum absolute atomic E-state index is 13.1. The number of benzene rings is 1. The summed E-state index contributed by atoms with van der Waals surface area (Å²) in [7, 11) is 0. The van der Waals surface area contributed by atoms with E-state index >= 15 is 0 Å². The monoisotopic (exact) mass is 329 g/mol. The van der Waals surface area contributed by atoms with Crippen molar-refractivity contribution < 1.29 is 4.39 Å². The highest BCUT2D eigenvalue weighted by atomic mass is 35.5. The number of thiazole rings is 1. The summed E-state index contributed by atoms with van der Waals surface area (Å²) in [5, 5.41) is 5.65. The number of nitrogens with zero attached hydrogens (tertiary/aromatic N) is 2. The van der Waals surface area contributed by atoms with Gasteiger partial charge in [-0.1, -0.05) is 23.2 Å². The van der Waals surface area contributed by atoms with Gasteiger partial charge in [-0.3, -0.25) is 4.40 Å². The van der Waals surface area contributed by atoms with Crippen LogP contribution in [0, 0.1) is 12.7 Å². The van der Waals surface area contributed by atoms with Crippen molar-refractivity contribution in [3.8, 4) is 0 Å². The van der Waals surface area contributed by atoms with Gasteiger partial charge in [-0.2, -0.15) is 0 Å². The van der Waals surface area contributed by atoms with E-state index in [1.165, 1.54) is 12.1 Å².